The van der Waals surface area contributed by atoms with Gasteiger partial charge in [-0.25, -0.2) is 4.79 Å². The number of carbonyl (C=O) groups excluding carboxylic acids is 1. The Bertz CT molecular complexity index is 472. The molecule has 2 rings (SSSR count). The van der Waals surface area contributed by atoms with Gasteiger partial charge >= 0.3 is 5.97 Å². The molecular formula is C12H16N2O3S. The maximum absolute atomic E-state index is 12.4. The molecule has 1 aliphatic heterocycles. The summed E-state index contributed by atoms with van der Waals surface area (Å²) in [6.07, 6.45) is 1.83. The average Bonchev–Trinajstić information content (AvgIpc) is 2.93. The Morgan fingerprint density at radius 1 is 1.56 bits per heavy atom. The monoisotopic (exact) mass is 268 g/mol. The Morgan fingerprint density at radius 2 is 2.28 bits per heavy atom. The molecule has 2 heterocycles. The van der Waals surface area contributed by atoms with Crippen LogP contribution in [0.15, 0.2) is 18.3 Å². The van der Waals surface area contributed by atoms with Crippen molar-refractivity contribution < 1.29 is 14.7 Å². The van der Waals surface area contributed by atoms with E-state index in [2.05, 4.69) is 0 Å². The molecule has 0 spiro atoms. The molecule has 98 valence electrons. The van der Waals surface area contributed by atoms with Crippen molar-refractivity contribution in [2.45, 2.75) is 31.8 Å². The van der Waals surface area contributed by atoms with Crippen LogP contribution in [-0.2, 0) is 11.3 Å². The van der Waals surface area contributed by atoms with Crippen LogP contribution in [0.1, 0.15) is 24.3 Å². The van der Waals surface area contributed by atoms with Crippen LogP contribution in [0.3, 0.4) is 0 Å². The highest BCUT2D eigenvalue weighted by Crippen LogP contribution is 2.30. The highest BCUT2D eigenvalue weighted by molar-refractivity contribution is 8.00. The van der Waals surface area contributed by atoms with Crippen molar-refractivity contribution in [1.29, 1.82) is 0 Å². The molecule has 0 aromatic carbocycles. The number of aliphatic carboxylic acids is 1. The normalized spacial score (nSPS) is 23.3. The van der Waals surface area contributed by atoms with E-state index < -0.39 is 12.0 Å². The topological polar surface area (TPSA) is 62.5 Å². The quantitative estimate of drug-likeness (QED) is 0.902. The van der Waals surface area contributed by atoms with E-state index in [1.165, 1.54) is 16.7 Å². The minimum absolute atomic E-state index is 0.0983. The van der Waals surface area contributed by atoms with Gasteiger partial charge in [-0.1, -0.05) is 0 Å². The van der Waals surface area contributed by atoms with Crippen LogP contribution >= 0.6 is 11.8 Å². The fraction of sp³-hybridized carbons (Fsp3) is 0.500. The minimum Gasteiger partial charge on any atom is -0.480 e. The van der Waals surface area contributed by atoms with Gasteiger partial charge in [0.05, 0.1) is 5.37 Å². The summed E-state index contributed by atoms with van der Waals surface area (Å²) in [5.41, 5.74) is 0.554. The number of rotatable bonds is 3. The third kappa shape index (κ3) is 2.12. The molecule has 1 fully saturated rings. The summed E-state index contributed by atoms with van der Waals surface area (Å²) >= 11 is 1.50. The van der Waals surface area contributed by atoms with Gasteiger partial charge in [0, 0.05) is 18.5 Å². The lowest BCUT2D eigenvalue weighted by Crippen LogP contribution is -2.45. The molecule has 1 aromatic heterocycles. The smallest absolute Gasteiger partial charge is 0.327 e. The number of nitrogens with zero attached hydrogens (tertiary/aromatic N) is 2. The average molecular weight is 268 g/mol. The Morgan fingerprint density at radius 3 is 2.89 bits per heavy atom. The van der Waals surface area contributed by atoms with E-state index in [1.54, 1.807) is 12.1 Å². The molecule has 1 saturated heterocycles. The van der Waals surface area contributed by atoms with Gasteiger partial charge in [-0.15, -0.1) is 11.8 Å². The Hall–Kier alpha value is -1.43. The summed E-state index contributed by atoms with van der Waals surface area (Å²) in [5, 5.41) is 9.06. The van der Waals surface area contributed by atoms with Gasteiger partial charge in [-0.3, -0.25) is 4.79 Å². The fourth-order valence-corrected chi connectivity index (χ4v) is 3.32. The number of hydrogen-bond acceptors (Lipinski definition) is 3. The van der Waals surface area contributed by atoms with E-state index in [0.717, 1.165) is 0 Å². The number of aromatic nitrogens is 1. The lowest BCUT2D eigenvalue weighted by Gasteiger charge is -2.25. The second-order valence-electron chi connectivity index (χ2n) is 4.18. The third-order valence-electron chi connectivity index (χ3n) is 3.13. The molecule has 0 aliphatic carbocycles. The van der Waals surface area contributed by atoms with Crippen LogP contribution in [-0.4, -0.2) is 43.6 Å². The first kappa shape index (κ1) is 13.0. The molecular weight excluding hydrogens is 252 g/mol. The van der Waals surface area contributed by atoms with E-state index in [0.29, 0.717) is 18.0 Å². The number of carbonyl (C=O) groups is 2. The Balaban J connectivity index is 2.29. The van der Waals surface area contributed by atoms with Gasteiger partial charge in [0.2, 0.25) is 0 Å². The van der Waals surface area contributed by atoms with E-state index >= 15 is 0 Å². The first-order valence-electron chi connectivity index (χ1n) is 5.88. The van der Waals surface area contributed by atoms with Crippen LogP contribution in [0, 0.1) is 0 Å². The molecule has 2 unspecified atom stereocenters. The maximum Gasteiger partial charge on any atom is 0.327 e. The van der Waals surface area contributed by atoms with Gasteiger partial charge in [0.15, 0.2) is 0 Å². The zero-order valence-electron chi connectivity index (χ0n) is 10.4. The van der Waals surface area contributed by atoms with Crippen molar-refractivity contribution in [1.82, 2.24) is 9.47 Å². The second kappa shape index (κ2) is 5.06. The van der Waals surface area contributed by atoms with Crippen molar-refractivity contribution >= 4 is 23.6 Å². The second-order valence-corrected chi connectivity index (χ2v) is 5.53. The van der Waals surface area contributed by atoms with Crippen molar-refractivity contribution in [3.8, 4) is 0 Å². The first-order valence-corrected chi connectivity index (χ1v) is 6.93. The summed E-state index contributed by atoms with van der Waals surface area (Å²) in [5.74, 6) is -0.684. The first-order chi connectivity index (χ1) is 8.56. The highest BCUT2D eigenvalue weighted by Gasteiger charge is 2.40. The largest absolute Gasteiger partial charge is 0.480 e. The van der Waals surface area contributed by atoms with E-state index in [9.17, 15) is 9.59 Å². The summed E-state index contributed by atoms with van der Waals surface area (Å²) in [6.45, 7) is 4.51. The molecule has 1 N–H and O–H groups in total. The van der Waals surface area contributed by atoms with Crippen molar-refractivity contribution in [2.24, 2.45) is 0 Å². The number of carboxylic acid groups (broad SMARTS) is 1. The molecule has 0 saturated carbocycles. The third-order valence-corrected chi connectivity index (χ3v) is 4.35. The molecule has 1 amide bonds. The van der Waals surface area contributed by atoms with Gasteiger partial charge in [0.25, 0.3) is 5.91 Å². The number of thioether (sulfide) groups is 1. The number of carboxylic acids is 1. The van der Waals surface area contributed by atoms with Crippen molar-refractivity contribution in [2.75, 3.05) is 5.75 Å². The molecule has 18 heavy (non-hydrogen) atoms. The van der Waals surface area contributed by atoms with E-state index in [4.69, 9.17) is 5.11 Å². The zero-order chi connectivity index (χ0) is 13.3. The van der Waals surface area contributed by atoms with Gasteiger partial charge in [0.1, 0.15) is 11.7 Å². The summed E-state index contributed by atoms with van der Waals surface area (Å²) in [6, 6.07) is 2.82. The molecule has 1 aliphatic rings. The Labute approximate surface area is 110 Å². The molecule has 6 heteroatoms. The Kier molecular flexibility index (Phi) is 3.65. The summed E-state index contributed by atoms with van der Waals surface area (Å²) in [4.78, 5) is 25.1. The van der Waals surface area contributed by atoms with Crippen LogP contribution in [0.4, 0.5) is 0 Å². The van der Waals surface area contributed by atoms with Crippen molar-refractivity contribution in [3.05, 3.63) is 24.0 Å². The predicted molar refractivity (Wildman–Crippen MR) is 69.6 cm³/mol. The molecule has 2 atom stereocenters. The molecule has 0 radical (unpaired) electrons. The SMILES string of the molecule is CCn1cccc1C(=O)N1C(C)SCC1C(=O)O. The lowest BCUT2D eigenvalue weighted by atomic mass is 10.2. The molecule has 5 nitrogen and oxygen atoms in total. The predicted octanol–water partition coefficient (Wildman–Crippen LogP) is 1.50. The van der Waals surface area contributed by atoms with Gasteiger partial charge < -0.3 is 14.6 Å². The number of aryl methyl sites for hydroxylation is 1. The van der Waals surface area contributed by atoms with Crippen LogP contribution in [0.2, 0.25) is 0 Å². The number of amides is 1. The lowest BCUT2D eigenvalue weighted by molar-refractivity contribution is -0.141. The van der Waals surface area contributed by atoms with E-state index in [1.807, 2.05) is 24.6 Å². The standard InChI is InChI=1S/C12H16N2O3S/c1-3-13-6-4-5-9(13)11(15)14-8(2)18-7-10(14)12(16)17/h4-6,8,10H,3,7H2,1-2H3,(H,16,17). The van der Waals surface area contributed by atoms with Crippen LogP contribution in [0.25, 0.3) is 0 Å². The zero-order valence-corrected chi connectivity index (χ0v) is 11.2. The summed E-state index contributed by atoms with van der Waals surface area (Å²) < 4.78 is 1.83. The van der Waals surface area contributed by atoms with Crippen LogP contribution in [0.5, 0.6) is 0 Å². The molecule has 1 aromatic rings. The minimum atomic E-state index is -0.935. The maximum atomic E-state index is 12.4. The van der Waals surface area contributed by atoms with Gasteiger partial charge in [-0.05, 0) is 26.0 Å². The fourth-order valence-electron chi connectivity index (χ4n) is 2.16. The highest BCUT2D eigenvalue weighted by atomic mass is 32.2. The number of hydrogen-bond donors (Lipinski definition) is 1. The van der Waals surface area contributed by atoms with Gasteiger partial charge in [-0.2, -0.15) is 0 Å². The van der Waals surface area contributed by atoms with E-state index in [-0.39, 0.29) is 11.3 Å². The van der Waals surface area contributed by atoms with Crippen molar-refractivity contribution in [3.63, 3.8) is 0 Å². The summed E-state index contributed by atoms with van der Waals surface area (Å²) in [7, 11) is 0. The van der Waals surface area contributed by atoms with Crippen LogP contribution < -0.4 is 0 Å². The molecule has 0 bridgehead atoms.